The minimum Gasteiger partial charge on any atom is -0.469 e. The van der Waals surface area contributed by atoms with Crippen LogP contribution in [0.25, 0.3) is 5.69 Å². The molecule has 1 aromatic heterocycles. The second-order valence-electron chi connectivity index (χ2n) is 5.09. The third kappa shape index (κ3) is 3.33. The highest BCUT2D eigenvalue weighted by atomic mass is 16.5. The molecule has 2 aromatic rings. The Morgan fingerprint density at radius 1 is 1.32 bits per heavy atom. The number of benzene rings is 1. The number of nitrogens with zero attached hydrogens (tertiary/aromatic N) is 3. The van der Waals surface area contributed by atoms with Crippen LogP contribution in [0.3, 0.4) is 0 Å². The van der Waals surface area contributed by atoms with Gasteiger partial charge in [-0.15, -0.1) is 0 Å². The Bertz CT molecular complexity index is 652. The second kappa shape index (κ2) is 6.89. The van der Waals surface area contributed by atoms with Crippen LogP contribution in [0.4, 0.5) is 0 Å². The molecule has 0 spiro atoms. The minimum atomic E-state index is -0.382. The zero-order valence-electron chi connectivity index (χ0n) is 12.9. The Morgan fingerprint density at radius 2 is 2.00 bits per heavy atom. The highest BCUT2D eigenvalue weighted by molar-refractivity contribution is 5.93. The summed E-state index contributed by atoms with van der Waals surface area (Å²) < 4.78 is 6.41. The van der Waals surface area contributed by atoms with Gasteiger partial charge in [0, 0.05) is 19.3 Å². The number of carbonyl (C=O) groups excluding carboxylic acids is 2. The first kappa shape index (κ1) is 15.8. The highest BCUT2D eigenvalue weighted by Gasteiger charge is 2.22. The number of carbonyl (C=O) groups is 2. The number of amides is 1. The van der Waals surface area contributed by atoms with Crippen molar-refractivity contribution in [2.24, 2.45) is 5.92 Å². The summed E-state index contributed by atoms with van der Waals surface area (Å²) in [6, 6.07) is 9.50. The molecule has 2 rings (SSSR count). The van der Waals surface area contributed by atoms with E-state index in [1.54, 1.807) is 24.9 Å². The molecule has 1 atom stereocenters. The van der Waals surface area contributed by atoms with E-state index in [2.05, 4.69) is 9.72 Å². The molecule has 0 unspecified atom stereocenters. The molecule has 6 nitrogen and oxygen atoms in total. The number of hydrogen-bond donors (Lipinski definition) is 0. The maximum absolute atomic E-state index is 12.6. The predicted molar refractivity (Wildman–Crippen MR) is 81.7 cm³/mol. The van der Waals surface area contributed by atoms with Crippen LogP contribution in [0, 0.1) is 5.92 Å². The molecule has 0 saturated carbocycles. The molecule has 0 aliphatic rings. The van der Waals surface area contributed by atoms with Crippen LogP contribution < -0.4 is 0 Å². The molecule has 0 aliphatic carbocycles. The highest BCUT2D eigenvalue weighted by Crippen LogP contribution is 2.13. The van der Waals surface area contributed by atoms with Crippen molar-refractivity contribution in [2.45, 2.75) is 6.92 Å². The van der Waals surface area contributed by atoms with Crippen molar-refractivity contribution in [3.63, 3.8) is 0 Å². The molecule has 0 bridgehead atoms. The van der Waals surface area contributed by atoms with Gasteiger partial charge in [0.25, 0.3) is 5.91 Å². The van der Waals surface area contributed by atoms with Gasteiger partial charge < -0.3 is 9.64 Å². The molecule has 0 radical (unpaired) electrons. The van der Waals surface area contributed by atoms with Crippen LogP contribution in [-0.2, 0) is 9.53 Å². The first-order valence-corrected chi connectivity index (χ1v) is 6.95. The van der Waals surface area contributed by atoms with Gasteiger partial charge in [0.05, 0.1) is 25.6 Å². The number of methoxy groups -OCH3 is 1. The van der Waals surface area contributed by atoms with Crippen molar-refractivity contribution in [1.29, 1.82) is 0 Å². The van der Waals surface area contributed by atoms with Crippen LogP contribution in [0.5, 0.6) is 0 Å². The lowest BCUT2D eigenvalue weighted by Crippen LogP contribution is -2.35. The number of para-hydroxylation sites is 1. The fraction of sp³-hybridized carbons (Fsp3) is 0.312. The molecule has 1 aromatic carbocycles. The molecule has 22 heavy (non-hydrogen) atoms. The Kier molecular flexibility index (Phi) is 4.93. The summed E-state index contributed by atoms with van der Waals surface area (Å²) in [7, 11) is 3.00. The molecule has 0 aliphatic heterocycles. The maximum atomic E-state index is 12.6. The number of rotatable bonds is 5. The first-order chi connectivity index (χ1) is 10.5. The average Bonchev–Trinajstić information content (AvgIpc) is 3.03. The molecule has 116 valence electrons. The Labute approximate surface area is 129 Å². The molecule has 0 saturated heterocycles. The van der Waals surface area contributed by atoms with E-state index in [1.165, 1.54) is 18.2 Å². The van der Waals surface area contributed by atoms with E-state index >= 15 is 0 Å². The standard InChI is InChI=1S/C16H19N3O3/c1-12(16(21)22-3)10-18(2)15(20)14-9-17-11-19(14)13-7-5-4-6-8-13/h4-9,11-12H,10H2,1-3H3/t12-/m1/s1. The van der Waals surface area contributed by atoms with Crippen LogP contribution >= 0.6 is 0 Å². The zero-order valence-corrected chi connectivity index (χ0v) is 12.9. The number of aromatic nitrogens is 2. The molecule has 6 heteroatoms. The number of ether oxygens (including phenoxy) is 1. The van der Waals surface area contributed by atoms with Gasteiger partial charge in [-0.2, -0.15) is 0 Å². The fourth-order valence-corrected chi connectivity index (χ4v) is 2.21. The Morgan fingerprint density at radius 3 is 2.64 bits per heavy atom. The van der Waals surface area contributed by atoms with Gasteiger partial charge in [0.1, 0.15) is 5.69 Å². The lowest BCUT2D eigenvalue weighted by molar-refractivity contribution is -0.145. The maximum Gasteiger partial charge on any atom is 0.310 e. The third-order valence-corrected chi connectivity index (χ3v) is 3.39. The smallest absolute Gasteiger partial charge is 0.310 e. The largest absolute Gasteiger partial charge is 0.469 e. The van der Waals surface area contributed by atoms with Gasteiger partial charge in [-0.3, -0.25) is 14.2 Å². The van der Waals surface area contributed by atoms with Crippen molar-refractivity contribution in [2.75, 3.05) is 20.7 Å². The molecular formula is C16H19N3O3. The Balaban J connectivity index is 2.17. The summed E-state index contributed by atoms with van der Waals surface area (Å²) >= 11 is 0. The van der Waals surface area contributed by atoms with Crippen LogP contribution in [0.2, 0.25) is 0 Å². The second-order valence-corrected chi connectivity index (χ2v) is 5.09. The first-order valence-electron chi connectivity index (χ1n) is 6.95. The zero-order chi connectivity index (χ0) is 16.1. The SMILES string of the molecule is COC(=O)[C@H](C)CN(C)C(=O)c1cncn1-c1ccccc1. The van der Waals surface area contributed by atoms with E-state index in [1.807, 2.05) is 30.3 Å². The quantitative estimate of drug-likeness (QED) is 0.789. The average molecular weight is 301 g/mol. The van der Waals surface area contributed by atoms with E-state index in [0.29, 0.717) is 5.69 Å². The molecule has 1 heterocycles. The van der Waals surface area contributed by atoms with Crippen LogP contribution in [0.1, 0.15) is 17.4 Å². The van der Waals surface area contributed by atoms with Crippen molar-refractivity contribution < 1.29 is 14.3 Å². The third-order valence-electron chi connectivity index (χ3n) is 3.39. The van der Waals surface area contributed by atoms with Crippen molar-refractivity contribution in [3.05, 3.63) is 48.5 Å². The van der Waals surface area contributed by atoms with Crippen LogP contribution in [-0.4, -0.2) is 47.0 Å². The van der Waals surface area contributed by atoms with Gasteiger partial charge in [-0.25, -0.2) is 4.98 Å². The van der Waals surface area contributed by atoms with Gasteiger partial charge >= 0.3 is 5.97 Å². The van der Waals surface area contributed by atoms with Gasteiger partial charge in [-0.05, 0) is 12.1 Å². The van der Waals surface area contributed by atoms with E-state index in [9.17, 15) is 9.59 Å². The molecule has 0 N–H and O–H groups in total. The number of esters is 1. The van der Waals surface area contributed by atoms with Crippen LogP contribution in [0.15, 0.2) is 42.9 Å². The molecular weight excluding hydrogens is 282 g/mol. The monoisotopic (exact) mass is 301 g/mol. The number of imidazole rings is 1. The van der Waals surface area contributed by atoms with E-state index in [4.69, 9.17) is 0 Å². The number of hydrogen-bond acceptors (Lipinski definition) is 4. The normalized spacial score (nSPS) is 11.8. The minimum absolute atomic E-state index is 0.197. The van der Waals surface area contributed by atoms with E-state index in [-0.39, 0.29) is 24.3 Å². The van der Waals surface area contributed by atoms with E-state index < -0.39 is 0 Å². The summed E-state index contributed by atoms with van der Waals surface area (Å²) in [4.78, 5) is 29.6. The predicted octanol–water partition coefficient (Wildman–Crippen LogP) is 1.75. The lowest BCUT2D eigenvalue weighted by Gasteiger charge is -2.20. The van der Waals surface area contributed by atoms with Crippen molar-refractivity contribution in [1.82, 2.24) is 14.5 Å². The van der Waals surface area contributed by atoms with Gasteiger partial charge in [-0.1, -0.05) is 25.1 Å². The van der Waals surface area contributed by atoms with Gasteiger partial charge in [0.15, 0.2) is 0 Å². The fourth-order valence-electron chi connectivity index (χ4n) is 2.21. The summed E-state index contributed by atoms with van der Waals surface area (Å²) in [5.74, 6) is -0.916. The summed E-state index contributed by atoms with van der Waals surface area (Å²) in [5, 5.41) is 0. The lowest BCUT2D eigenvalue weighted by atomic mass is 10.1. The molecule has 1 amide bonds. The molecule has 0 fully saturated rings. The van der Waals surface area contributed by atoms with Crippen molar-refractivity contribution >= 4 is 11.9 Å². The van der Waals surface area contributed by atoms with E-state index in [0.717, 1.165) is 5.69 Å². The summed E-state index contributed by atoms with van der Waals surface area (Å²) in [6.07, 6.45) is 3.12. The van der Waals surface area contributed by atoms with Crippen molar-refractivity contribution in [3.8, 4) is 5.69 Å². The Hall–Kier alpha value is -2.63. The summed E-state index contributed by atoms with van der Waals surface area (Å²) in [6.45, 7) is 2.01. The summed E-state index contributed by atoms with van der Waals surface area (Å²) in [5.41, 5.74) is 1.31. The van der Waals surface area contributed by atoms with Gasteiger partial charge in [0.2, 0.25) is 0 Å². The topological polar surface area (TPSA) is 64.4 Å².